The van der Waals surface area contributed by atoms with Gasteiger partial charge in [0.2, 0.25) is 0 Å². The Labute approximate surface area is 262 Å². The van der Waals surface area contributed by atoms with Gasteiger partial charge in [-0.2, -0.15) is 0 Å². The van der Waals surface area contributed by atoms with Gasteiger partial charge < -0.3 is 14.4 Å². The number of pyridine rings is 1. The Morgan fingerprint density at radius 2 is 0.800 bits per heavy atom. The Morgan fingerprint density at radius 1 is 0.378 bits per heavy atom. The SMILES string of the molecule is c1ccc(N(c2ccccc2)c2cc(N(c3ccccc3)c3ccccc3)cc(-n3c4ccccc4c4cnccc43)c2)cc1. The highest BCUT2D eigenvalue weighted by Crippen LogP contribution is 2.43. The van der Waals surface area contributed by atoms with E-state index in [1.807, 2.05) is 12.4 Å². The van der Waals surface area contributed by atoms with Crippen molar-refractivity contribution in [2.24, 2.45) is 0 Å². The fourth-order valence-electron chi connectivity index (χ4n) is 6.26. The molecule has 0 aliphatic rings. The van der Waals surface area contributed by atoms with Crippen LogP contribution < -0.4 is 9.80 Å². The number of hydrogen-bond acceptors (Lipinski definition) is 3. The highest BCUT2D eigenvalue weighted by Gasteiger charge is 2.21. The van der Waals surface area contributed by atoms with Gasteiger partial charge in [0.15, 0.2) is 0 Å². The molecule has 8 aromatic rings. The molecule has 0 bridgehead atoms. The van der Waals surface area contributed by atoms with Crippen molar-refractivity contribution in [3.8, 4) is 5.69 Å². The topological polar surface area (TPSA) is 24.3 Å². The molecule has 214 valence electrons. The molecule has 6 aromatic carbocycles. The van der Waals surface area contributed by atoms with Crippen LogP contribution in [0.4, 0.5) is 34.1 Å². The van der Waals surface area contributed by atoms with E-state index in [4.69, 9.17) is 0 Å². The third-order valence-corrected chi connectivity index (χ3v) is 8.19. The smallest absolute Gasteiger partial charge is 0.0571 e. The Kier molecular flexibility index (Phi) is 6.78. The van der Waals surface area contributed by atoms with Crippen LogP contribution in [-0.4, -0.2) is 9.55 Å². The van der Waals surface area contributed by atoms with E-state index < -0.39 is 0 Å². The summed E-state index contributed by atoms with van der Waals surface area (Å²) in [6.45, 7) is 0. The van der Waals surface area contributed by atoms with Gasteiger partial charge in [-0.15, -0.1) is 0 Å². The molecule has 0 atom stereocenters. The number of rotatable bonds is 7. The van der Waals surface area contributed by atoms with E-state index in [0.29, 0.717) is 0 Å². The molecule has 0 spiro atoms. The van der Waals surface area contributed by atoms with Gasteiger partial charge in [-0.25, -0.2) is 0 Å². The van der Waals surface area contributed by atoms with Crippen LogP contribution in [0.5, 0.6) is 0 Å². The van der Waals surface area contributed by atoms with Crippen LogP contribution in [0.2, 0.25) is 0 Å². The van der Waals surface area contributed by atoms with Crippen LogP contribution in [-0.2, 0) is 0 Å². The van der Waals surface area contributed by atoms with Crippen LogP contribution in [0, 0.1) is 0 Å². The van der Waals surface area contributed by atoms with Crippen molar-refractivity contribution in [2.45, 2.75) is 0 Å². The molecule has 0 radical (unpaired) electrons. The molecule has 4 heteroatoms. The molecule has 0 saturated heterocycles. The molecule has 2 heterocycles. The lowest BCUT2D eigenvalue weighted by molar-refractivity contribution is 1.15. The zero-order chi connectivity index (χ0) is 30.0. The van der Waals surface area contributed by atoms with Gasteiger partial charge in [0.05, 0.1) is 28.1 Å². The number of anilines is 6. The van der Waals surface area contributed by atoms with Crippen molar-refractivity contribution in [1.29, 1.82) is 0 Å². The first-order chi connectivity index (χ1) is 22.3. The van der Waals surface area contributed by atoms with Crippen molar-refractivity contribution in [3.63, 3.8) is 0 Å². The Balaban J connectivity index is 1.46. The summed E-state index contributed by atoms with van der Waals surface area (Å²) < 4.78 is 2.36. The van der Waals surface area contributed by atoms with Gasteiger partial charge in [-0.1, -0.05) is 91.0 Å². The first-order valence-corrected chi connectivity index (χ1v) is 15.1. The van der Waals surface area contributed by atoms with Crippen molar-refractivity contribution >= 4 is 55.9 Å². The third-order valence-electron chi connectivity index (χ3n) is 8.19. The molecule has 0 fully saturated rings. The first kappa shape index (κ1) is 26.5. The maximum absolute atomic E-state index is 4.49. The second kappa shape index (κ2) is 11.5. The van der Waals surface area contributed by atoms with E-state index in [2.05, 4.69) is 189 Å². The van der Waals surface area contributed by atoms with Crippen molar-refractivity contribution in [3.05, 3.63) is 182 Å². The van der Waals surface area contributed by atoms with Crippen LogP contribution in [0.3, 0.4) is 0 Å². The molecule has 0 N–H and O–H groups in total. The third kappa shape index (κ3) is 4.89. The number of benzene rings is 6. The molecule has 0 amide bonds. The molecule has 0 saturated carbocycles. The average Bonchev–Trinajstić information content (AvgIpc) is 3.45. The Bertz CT molecular complexity index is 1980. The summed E-state index contributed by atoms with van der Waals surface area (Å²) in [5.41, 5.74) is 9.77. The van der Waals surface area contributed by atoms with E-state index in [9.17, 15) is 0 Å². The van der Waals surface area contributed by atoms with Crippen molar-refractivity contribution in [1.82, 2.24) is 9.55 Å². The van der Waals surface area contributed by atoms with E-state index in [-0.39, 0.29) is 0 Å². The van der Waals surface area contributed by atoms with E-state index >= 15 is 0 Å². The van der Waals surface area contributed by atoms with Crippen LogP contribution in [0.15, 0.2) is 182 Å². The summed E-state index contributed by atoms with van der Waals surface area (Å²) in [5.74, 6) is 0. The summed E-state index contributed by atoms with van der Waals surface area (Å²) in [6.07, 6.45) is 3.85. The predicted molar refractivity (Wildman–Crippen MR) is 188 cm³/mol. The minimum atomic E-state index is 1.05. The lowest BCUT2D eigenvalue weighted by atomic mass is 10.1. The molecular weight excluding hydrogens is 548 g/mol. The van der Waals surface area contributed by atoms with E-state index in [0.717, 1.165) is 56.2 Å². The Morgan fingerprint density at radius 3 is 1.29 bits per heavy atom. The molecule has 0 aliphatic carbocycles. The Hall–Kier alpha value is -6.13. The molecule has 45 heavy (non-hydrogen) atoms. The number of nitrogens with zero attached hydrogens (tertiary/aromatic N) is 4. The van der Waals surface area contributed by atoms with Gasteiger partial charge in [0.1, 0.15) is 0 Å². The van der Waals surface area contributed by atoms with Gasteiger partial charge in [0.25, 0.3) is 0 Å². The van der Waals surface area contributed by atoms with E-state index in [1.54, 1.807) is 0 Å². The van der Waals surface area contributed by atoms with E-state index in [1.165, 1.54) is 5.39 Å². The zero-order valence-corrected chi connectivity index (χ0v) is 24.6. The maximum Gasteiger partial charge on any atom is 0.0571 e. The largest absolute Gasteiger partial charge is 0.310 e. The number of aromatic nitrogens is 2. The van der Waals surface area contributed by atoms with Crippen LogP contribution >= 0.6 is 0 Å². The van der Waals surface area contributed by atoms with Crippen LogP contribution in [0.1, 0.15) is 0 Å². The number of hydrogen-bond donors (Lipinski definition) is 0. The average molecular weight is 579 g/mol. The summed E-state index contributed by atoms with van der Waals surface area (Å²) in [6, 6.07) is 59.9. The van der Waals surface area contributed by atoms with Crippen molar-refractivity contribution in [2.75, 3.05) is 9.80 Å². The summed E-state index contributed by atoms with van der Waals surface area (Å²) >= 11 is 0. The van der Waals surface area contributed by atoms with Crippen molar-refractivity contribution < 1.29 is 0 Å². The summed E-state index contributed by atoms with van der Waals surface area (Å²) in [7, 11) is 0. The molecule has 0 unspecified atom stereocenters. The van der Waals surface area contributed by atoms with Gasteiger partial charge in [0, 0.05) is 45.9 Å². The van der Waals surface area contributed by atoms with Gasteiger partial charge in [-0.05, 0) is 78.9 Å². The fraction of sp³-hybridized carbons (Fsp3) is 0. The highest BCUT2D eigenvalue weighted by molar-refractivity contribution is 6.09. The zero-order valence-electron chi connectivity index (χ0n) is 24.6. The number of fused-ring (bicyclic) bond motifs is 3. The standard InChI is InChI=1S/C41H30N4/c1-5-15-31(16-6-1)43(32-17-7-2-8-18-32)35-27-36(44(33-19-9-3-10-20-33)34-21-11-4-12-22-34)29-37(28-35)45-40-24-14-13-23-38(40)39-30-42-26-25-41(39)45/h1-30H. The minimum Gasteiger partial charge on any atom is -0.310 e. The summed E-state index contributed by atoms with van der Waals surface area (Å²) in [4.78, 5) is 9.15. The first-order valence-electron chi connectivity index (χ1n) is 15.1. The lowest BCUT2D eigenvalue weighted by Crippen LogP contribution is -2.14. The van der Waals surface area contributed by atoms with Crippen LogP contribution in [0.25, 0.3) is 27.5 Å². The van der Waals surface area contributed by atoms with Gasteiger partial charge >= 0.3 is 0 Å². The predicted octanol–water partition coefficient (Wildman–Crippen LogP) is 11.1. The molecular formula is C41H30N4. The van der Waals surface area contributed by atoms with Gasteiger partial charge in [-0.3, -0.25) is 4.98 Å². The molecule has 8 rings (SSSR count). The molecule has 2 aromatic heterocycles. The lowest BCUT2D eigenvalue weighted by Gasteiger charge is -2.30. The minimum absolute atomic E-state index is 1.05. The molecule has 0 aliphatic heterocycles. The molecule has 4 nitrogen and oxygen atoms in total. The summed E-state index contributed by atoms with van der Waals surface area (Å²) in [5, 5.41) is 2.31. The normalized spacial score (nSPS) is 11.1. The number of para-hydroxylation sites is 5. The maximum atomic E-state index is 4.49. The monoisotopic (exact) mass is 578 g/mol. The fourth-order valence-corrected chi connectivity index (χ4v) is 6.26. The highest BCUT2D eigenvalue weighted by atomic mass is 15.2. The second-order valence-corrected chi connectivity index (χ2v) is 11.0. The second-order valence-electron chi connectivity index (χ2n) is 11.0. The quantitative estimate of drug-likeness (QED) is 0.188.